The molecule has 7 nitrogen and oxygen atoms in total. The first-order valence-corrected chi connectivity index (χ1v) is 9.31. The summed E-state index contributed by atoms with van der Waals surface area (Å²) in [6.07, 6.45) is 0. The van der Waals surface area contributed by atoms with Crippen molar-refractivity contribution in [2.45, 2.75) is 25.9 Å². The highest BCUT2D eigenvalue weighted by atomic mass is 32.2. The third-order valence-corrected chi connectivity index (χ3v) is 4.82. The van der Waals surface area contributed by atoms with Crippen molar-refractivity contribution in [2.24, 2.45) is 0 Å². The van der Waals surface area contributed by atoms with Gasteiger partial charge in [0.05, 0.1) is 23.9 Å². The molecule has 3 rings (SSSR count). The Labute approximate surface area is 160 Å². The molecule has 8 heteroatoms. The molecule has 2 aromatic heterocycles. The van der Waals surface area contributed by atoms with Gasteiger partial charge in [-0.2, -0.15) is 0 Å². The average molecular weight is 384 g/mol. The van der Waals surface area contributed by atoms with E-state index in [2.05, 4.69) is 20.3 Å². The summed E-state index contributed by atoms with van der Waals surface area (Å²) >= 11 is 1.15. The zero-order chi connectivity index (χ0) is 19.6. The monoisotopic (exact) mass is 384 g/mol. The lowest BCUT2D eigenvalue weighted by Crippen LogP contribution is -2.16. The number of amides is 1. The van der Waals surface area contributed by atoms with Crippen molar-refractivity contribution in [3.63, 3.8) is 0 Å². The number of carbonyl (C=O) groups excluding carboxylic acids is 1. The molecule has 0 unspecified atom stereocenters. The van der Waals surface area contributed by atoms with E-state index in [1.54, 1.807) is 13.2 Å². The number of aryl methyl sites for hydroxylation is 3. The third-order valence-electron chi connectivity index (χ3n) is 3.95. The maximum Gasteiger partial charge on any atom is 0.261 e. The number of ether oxygens (including phenoxy) is 1. The number of fused-ring (bicyclic) bond motifs is 1. The van der Waals surface area contributed by atoms with Crippen molar-refractivity contribution >= 4 is 34.4 Å². The van der Waals surface area contributed by atoms with Crippen LogP contribution in [0.4, 0.5) is 5.69 Å². The van der Waals surface area contributed by atoms with Crippen LogP contribution in [0.2, 0.25) is 0 Å². The second kappa shape index (κ2) is 7.79. The van der Waals surface area contributed by atoms with Gasteiger partial charge in [0.25, 0.3) is 5.56 Å². The number of hydrogen-bond acceptors (Lipinski definition) is 6. The topological polar surface area (TPSA) is 97.0 Å². The number of carbonyl (C=O) groups is 1. The van der Waals surface area contributed by atoms with Gasteiger partial charge >= 0.3 is 0 Å². The Morgan fingerprint density at radius 2 is 2.00 bits per heavy atom. The molecule has 1 amide bonds. The fourth-order valence-corrected chi connectivity index (χ4v) is 3.43. The van der Waals surface area contributed by atoms with Gasteiger partial charge in [0.15, 0.2) is 10.8 Å². The molecule has 0 aliphatic carbocycles. The van der Waals surface area contributed by atoms with Crippen LogP contribution in [-0.2, 0) is 4.79 Å². The van der Waals surface area contributed by atoms with E-state index in [-0.39, 0.29) is 17.2 Å². The molecule has 0 saturated carbocycles. The lowest BCUT2D eigenvalue weighted by Gasteiger charge is -2.11. The Morgan fingerprint density at radius 1 is 1.22 bits per heavy atom. The summed E-state index contributed by atoms with van der Waals surface area (Å²) in [7, 11) is 1.55. The second-order valence-electron chi connectivity index (χ2n) is 6.19. The van der Waals surface area contributed by atoms with Gasteiger partial charge in [-0.1, -0.05) is 17.8 Å². The molecule has 3 aromatic rings. The maximum atomic E-state index is 12.3. The largest absolute Gasteiger partial charge is 0.495 e. The quantitative estimate of drug-likeness (QED) is 0.518. The van der Waals surface area contributed by atoms with Crippen LogP contribution in [0.15, 0.2) is 34.2 Å². The van der Waals surface area contributed by atoms with Gasteiger partial charge in [-0.15, -0.1) is 0 Å². The number of methoxy groups -OCH3 is 1. The Morgan fingerprint density at radius 3 is 2.74 bits per heavy atom. The summed E-state index contributed by atoms with van der Waals surface area (Å²) in [6, 6.07) is 7.39. The van der Waals surface area contributed by atoms with Gasteiger partial charge in [0, 0.05) is 5.69 Å². The number of nitrogens with one attached hydrogen (secondary N) is 2. The minimum Gasteiger partial charge on any atom is -0.495 e. The van der Waals surface area contributed by atoms with Crippen LogP contribution in [0.1, 0.15) is 16.8 Å². The van der Waals surface area contributed by atoms with E-state index >= 15 is 0 Å². The van der Waals surface area contributed by atoms with E-state index in [0.29, 0.717) is 27.6 Å². The highest BCUT2D eigenvalue weighted by molar-refractivity contribution is 7.99. The van der Waals surface area contributed by atoms with Crippen LogP contribution in [0.5, 0.6) is 5.75 Å². The zero-order valence-electron chi connectivity index (χ0n) is 15.5. The minimum absolute atomic E-state index is 0.0936. The van der Waals surface area contributed by atoms with Gasteiger partial charge in [-0.25, -0.2) is 9.97 Å². The van der Waals surface area contributed by atoms with E-state index in [1.165, 1.54) is 0 Å². The number of anilines is 1. The first kappa shape index (κ1) is 18.9. The second-order valence-corrected chi connectivity index (χ2v) is 7.15. The Bertz CT molecular complexity index is 1080. The van der Waals surface area contributed by atoms with Crippen molar-refractivity contribution < 1.29 is 9.53 Å². The maximum absolute atomic E-state index is 12.3. The highest BCUT2D eigenvalue weighted by Gasteiger charge is 2.12. The molecule has 1 aromatic carbocycles. The molecule has 0 fully saturated rings. The molecule has 0 radical (unpaired) electrons. The van der Waals surface area contributed by atoms with Crippen LogP contribution < -0.4 is 15.6 Å². The van der Waals surface area contributed by atoms with Crippen molar-refractivity contribution in [1.82, 2.24) is 15.0 Å². The summed E-state index contributed by atoms with van der Waals surface area (Å²) in [4.78, 5) is 36.0. The van der Waals surface area contributed by atoms with E-state index in [9.17, 15) is 9.59 Å². The molecular weight excluding hydrogens is 364 g/mol. The number of benzene rings is 1. The molecule has 0 saturated heterocycles. The van der Waals surface area contributed by atoms with Crippen molar-refractivity contribution in [1.29, 1.82) is 0 Å². The summed E-state index contributed by atoms with van der Waals surface area (Å²) < 4.78 is 5.26. The van der Waals surface area contributed by atoms with Gasteiger partial charge in [-0.05, 0) is 50.1 Å². The van der Waals surface area contributed by atoms with Crippen LogP contribution in [0.25, 0.3) is 11.0 Å². The first-order valence-electron chi connectivity index (χ1n) is 8.33. The van der Waals surface area contributed by atoms with Crippen LogP contribution in [-0.4, -0.2) is 33.7 Å². The fraction of sp³-hybridized carbons (Fsp3) is 0.263. The predicted molar refractivity (Wildman–Crippen MR) is 107 cm³/mol. The van der Waals surface area contributed by atoms with Crippen LogP contribution >= 0.6 is 11.8 Å². The Hall–Kier alpha value is -2.87. The third kappa shape index (κ3) is 4.28. The smallest absolute Gasteiger partial charge is 0.261 e. The number of H-pyrrole nitrogens is 1. The lowest BCUT2D eigenvalue weighted by atomic mass is 10.2. The number of thioether (sulfide) groups is 1. The number of aromatic nitrogens is 3. The lowest BCUT2D eigenvalue weighted by molar-refractivity contribution is -0.113. The number of aromatic amines is 1. The summed E-state index contributed by atoms with van der Waals surface area (Å²) in [5, 5.41) is 3.65. The first-order chi connectivity index (χ1) is 12.9. The molecule has 27 heavy (non-hydrogen) atoms. The summed E-state index contributed by atoms with van der Waals surface area (Å²) in [6.45, 7) is 5.64. The van der Waals surface area contributed by atoms with E-state index in [4.69, 9.17) is 4.74 Å². The Balaban J connectivity index is 1.76. The van der Waals surface area contributed by atoms with Crippen molar-refractivity contribution in [3.05, 3.63) is 51.4 Å². The fourth-order valence-electron chi connectivity index (χ4n) is 2.77. The van der Waals surface area contributed by atoms with E-state index in [1.807, 2.05) is 39.0 Å². The number of pyridine rings is 1. The molecule has 0 spiro atoms. The molecule has 0 aliphatic rings. The van der Waals surface area contributed by atoms with Gasteiger partial charge in [0.1, 0.15) is 5.75 Å². The summed E-state index contributed by atoms with van der Waals surface area (Å²) in [5.41, 5.74) is 3.37. The van der Waals surface area contributed by atoms with Crippen molar-refractivity contribution in [3.8, 4) is 5.75 Å². The van der Waals surface area contributed by atoms with E-state index < -0.39 is 0 Å². The van der Waals surface area contributed by atoms with Crippen LogP contribution in [0.3, 0.4) is 0 Å². The molecule has 0 aliphatic heterocycles. The molecule has 2 N–H and O–H groups in total. The molecule has 0 atom stereocenters. The highest BCUT2D eigenvalue weighted by Crippen LogP contribution is 2.25. The molecule has 140 valence electrons. The zero-order valence-corrected chi connectivity index (χ0v) is 16.4. The molecule has 0 bridgehead atoms. The molecular formula is C19H20N4O3S. The minimum atomic E-state index is -0.256. The normalized spacial score (nSPS) is 10.8. The SMILES string of the molecule is COc1ccc(C)cc1NC(=O)CSc1nc2nc(C)cc(C)c2c(=O)[nH]1. The van der Waals surface area contributed by atoms with Crippen LogP contribution in [0, 0.1) is 20.8 Å². The average Bonchev–Trinajstić information content (AvgIpc) is 2.59. The number of rotatable bonds is 5. The summed E-state index contributed by atoms with van der Waals surface area (Å²) in [5.74, 6) is 0.461. The predicted octanol–water partition coefficient (Wildman–Crippen LogP) is 2.98. The van der Waals surface area contributed by atoms with Gasteiger partial charge < -0.3 is 15.0 Å². The van der Waals surface area contributed by atoms with Gasteiger partial charge in [-0.3, -0.25) is 9.59 Å². The van der Waals surface area contributed by atoms with Crippen molar-refractivity contribution in [2.75, 3.05) is 18.2 Å². The Kier molecular flexibility index (Phi) is 5.46. The standard InChI is InChI=1S/C19H20N4O3S/c1-10-5-6-14(26-4)13(7-10)21-15(24)9-27-19-22-17-16(18(25)23-19)11(2)8-12(3)20-17/h5-8H,9H2,1-4H3,(H,21,24)(H,20,22,23,25). The number of hydrogen-bond donors (Lipinski definition) is 2. The molecule has 2 heterocycles. The van der Waals surface area contributed by atoms with E-state index in [0.717, 1.165) is 28.6 Å². The number of nitrogens with zero attached hydrogens (tertiary/aromatic N) is 2. The van der Waals surface area contributed by atoms with Gasteiger partial charge in [0.2, 0.25) is 5.91 Å².